The smallest absolute Gasteiger partial charge is 0.329 e. The SMILES string of the molecule is CS(=O)(=O)c1ccc(-c2ccc3cc(O)ccc3c2Oc2ccc(N3CCN(CCCCCOCC(=O)O)CC3)cc2)cc1. The molecule has 10 heteroatoms. The summed E-state index contributed by atoms with van der Waals surface area (Å²) in [5.74, 6) is 0.543. The molecule has 5 rings (SSSR count). The van der Waals surface area contributed by atoms with Gasteiger partial charge in [-0.05, 0) is 97.4 Å². The lowest BCUT2D eigenvalue weighted by Gasteiger charge is -2.36. The Kier molecular flexibility index (Phi) is 10.0. The summed E-state index contributed by atoms with van der Waals surface area (Å²) >= 11 is 0. The first-order valence-corrected chi connectivity index (χ1v) is 16.7. The van der Waals surface area contributed by atoms with Gasteiger partial charge in [0.15, 0.2) is 9.84 Å². The molecule has 9 nitrogen and oxygen atoms in total. The molecule has 44 heavy (non-hydrogen) atoms. The molecule has 2 N–H and O–H groups in total. The van der Waals surface area contributed by atoms with Gasteiger partial charge >= 0.3 is 5.97 Å². The normalized spacial score (nSPS) is 14.2. The Labute approximate surface area is 258 Å². The van der Waals surface area contributed by atoms with Gasteiger partial charge in [-0.25, -0.2) is 13.2 Å². The molecule has 0 unspecified atom stereocenters. The lowest BCUT2D eigenvalue weighted by Crippen LogP contribution is -2.46. The minimum Gasteiger partial charge on any atom is -0.508 e. The number of hydrogen-bond donors (Lipinski definition) is 2. The van der Waals surface area contributed by atoms with E-state index in [1.165, 1.54) is 6.26 Å². The van der Waals surface area contributed by atoms with E-state index in [9.17, 15) is 18.3 Å². The minimum atomic E-state index is -3.31. The standard InChI is InChI=1S/C34H38N2O7S/c1-44(40,41)30-13-5-25(6-14-30)31-15-7-26-23-28(37)10-16-32(26)34(31)43-29-11-8-27(9-12-29)36-20-18-35(19-21-36)17-3-2-4-22-42-24-33(38)39/h5-16,23,37H,2-4,17-22,24H2,1H3,(H,38,39). The summed E-state index contributed by atoms with van der Waals surface area (Å²) in [6.45, 7) is 5.13. The van der Waals surface area contributed by atoms with Crippen LogP contribution < -0.4 is 9.64 Å². The number of aromatic hydroxyl groups is 1. The molecule has 0 aromatic heterocycles. The molecule has 1 saturated heterocycles. The van der Waals surface area contributed by atoms with E-state index in [1.54, 1.807) is 36.4 Å². The number of nitrogens with zero attached hydrogens (tertiary/aromatic N) is 2. The predicted molar refractivity (Wildman–Crippen MR) is 172 cm³/mol. The molecule has 0 amide bonds. The van der Waals surface area contributed by atoms with Crippen LogP contribution in [0.15, 0.2) is 83.8 Å². The van der Waals surface area contributed by atoms with Gasteiger partial charge in [-0.2, -0.15) is 0 Å². The van der Waals surface area contributed by atoms with E-state index in [4.69, 9.17) is 14.6 Å². The van der Waals surface area contributed by atoms with E-state index in [-0.39, 0.29) is 17.3 Å². The van der Waals surface area contributed by atoms with E-state index in [1.807, 2.05) is 30.3 Å². The number of anilines is 1. The highest BCUT2D eigenvalue weighted by Gasteiger charge is 2.18. The first-order chi connectivity index (χ1) is 21.2. The number of phenols is 1. The van der Waals surface area contributed by atoms with Crippen LogP contribution in [-0.2, 0) is 19.4 Å². The van der Waals surface area contributed by atoms with Crippen molar-refractivity contribution in [1.29, 1.82) is 0 Å². The topological polar surface area (TPSA) is 117 Å². The highest BCUT2D eigenvalue weighted by molar-refractivity contribution is 7.90. The second-order valence-electron chi connectivity index (χ2n) is 11.1. The number of phenolic OH excluding ortho intramolecular Hbond substituents is 1. The van der Waals surface area contributed by atoms with Crippen molar-refractivity contribution >= 4 is 32.3 Å². The molecule has 4 aromatic carbocycles. The van der Waals surface area contributed by atoms with Gasteiger partial charge in [0, 0.05) is 55.7 Å². The molecule has 4 aromatic rings. The zero-order valence-corrected chi connectivity index (χ0v) is 25.6. The monoisotopic (exact) mass is 618 g/mol. The first kappa shape index (κ1) is 31.3. The molecular formula is C34H38N2O7S. The van der Waals surface area contributed by atoms with Crippen LogP contribution >= 0.6 is 0 Å². The van der Waals surface area contributed by atoms with E-state index >= 15 is 0 Å². The highest BCUT2D eigenvalue weighted by Crippen LogP contribution is 2.41. The number of hydrogen-bond acceptors (Lipinski definition) is 8. The molecule has 1 heterocycles. The lowest BCUT2D eigenvalue weighted by atomic mass is 9.99. The summed E-state index contributed by atoms with van der Waals surface area (Å²) < 4.78 is 35.6. The average molecular weight is 619 g/mol. The minimum absolute atomic E-state index is 0.167. The Hall–Kier alpha value is -4.12. The van der Waals surface area contributed by atoms with Crippen LogP contribution in [0.5, 0.6) is 17.2 Å². The molecule has 1 fully saturated rings. The number of fused-ring (bicyclic) bond motifs is 1. The Balaban J connectivity index is 1.23. The van der Waals surface area contributed by atoms with E-state index < -0.39 is 15.8 Å². The summed E-state index contributed by atoms with van der Waals surface area (Å²) in [6.07, 6.45) is 4.16. The van der Waals surface area contributed by atoms with Crippen LogP contribution in [0.3, 0.4) is 0 Å². The van der Waals surface area contributed by atoms with Crippen LogP contribution in [0.25, 0.3) is 21.9 Å². The fourth-order valence-electron chi connectivity index (χ4n) is 5.46. The third kappa shape index (κ3) is 8.07. The molecule has 0 spiro atoms. The van der Waals surface area contributed by atoms with Crippen molar-refractivity contribution in [2.24, 2.45) is 0 Å². The van der Waals surface area contributed by atoms with Gasteiger partial charge < -0.3 is 24.6 Å². The lowest BCUT2D eigenvalue weighted by molar-refractivity contribution is -0.142. The van der Waals surface area contributed by atoms with E-state index in [0.717, 1.165) is 79.6 Å². The fraction of sp³-hybridized carbons (Fsp3) is 0.324. The zero-order chi connectivity index (χ0) is 31.1. The maximum atomic E-state index is 12.0. The van der Waals surface area contributed by atoms with Crippen molar-refractivity contribution in [3.05, 3.63) is 78.9 Å². The van der Waals surface area contributed by atoms with Crippen molar-refractivity contribution in [3.63, 3.8) is 0 Å². The van der Waals surface area contributed by atoms with Gasteiger partial charge in [-0.1, -0.05) is 18.2 Å². The number of piperazine rings is 1. The van der Waals surface area contributed by atoms with Crippen LogP contribution in [0.1, 0.15) is 19.3 Å². The van der Waals surface area contributed by atoms with Gasteiger partial charge in [0.05, 0.1) is 4.90 Å². The molecule has 0 atom stereocenters. The van der Waals surface area contributed by atoms with Gasteiger partial charge in [-0.15, -0.1) is 0 Å². The third-order valence-corrected chi connectivity index (χ3v) is 8.96. The van der Waals surface area contributed by atoms with Crippen molar-refractivity contribution in [2.45, 2.75) is 24.2 Å². The van der Waals surface area contributed by atoms with Gasteiger partial charge in [0.1, 0.15) is 23.9 Å². The maximum Gasteiger partial charge on any atom is 0.329 e. The number of aliphatic carboxylic acids is 1. The van der Waals surface area contributed by atoms with Gasteiger partial charge in [-0.3, -0.25) is 4.90 Å². The second-order valence-corrected chi connectivity index (χ2v) is 13.1. The third-order valence-electron chi connectivity index (χ3n) is 7.83. The molecule has 232 valence electrons. The van der Waals surface area contributed by atoms with E-state index in [2.05, 4.69) is 21.9 Å². The summed E-state index contributed by atoms with van der Waals surface area (Å²) in [7, 11) is -3.31. The Bertz CT molecular complexity index is 1680. The first-order valence-electron chi connectivity index (χ1n) is 14.8. The quantitative estimate of drug-likeness (QED) is 0.179. The van der Waals surface area contributed by atoms with E-state index in [0.29, 0.717) is 18.1 Å². The summed E-state index contributed by atoms with van der Waals surface area (Å²) in [4.78, 5) is 15.6. The van der Waals surface area contributed by atoms with Gasteiger partial charge in [0.2, 0.25) is 0 Å². The highest BCUT2D eigenvalue weighted by atomic mass is 32.2. The number of carboxylic acids is 1. The number of carboxylic acid groups (broad SMARTS) is 1. The van der Waals surface area contributed by atoms with Crippen molar-refractivity contribution in [3.8, 4) is 28.4 Å². The molecule has 1 aliphatic rings. The van der Waals surface area contributed by atoms with Crippen LogP contribution in [-0.4, -0.2) is 81.7 Å². The molecule has 1 aliphatic heterocycles. The van der Waals surface area contributed by atoms with Crippen molar-refractivity contribution in [1.82, 2.24) is 4.90 Å². The van der Waals surface area contributed by atoms with Crippen molar-refractivity contribution in [2.75, 3.05) is 57.1 Å². The molecule has 0 saturated carbocycles. The largest absolute Gasteiger partial charge is 0.508 e. The van der Waals surface area contributed by atoms with Crippen LogP contribution in [0.4, 0.5) is 5.69 Å². The van der Waals surface area contributed by atoms with Crippen LogP contribution in [0, 0.1) is 0 Å². The number of unbranched alkanes of at least 4 members (excludes halogenated alkanes) is 2. The fourth-order valence-corrected chi connectivity index (χ4v) is 6.09. The number of ether oxygens (including phenoxy) is 2. The summed E-state index contributed by atoms with van der Waals surface area (Å²) in [5.41, 5.74) is 2.77. The summed E-state index contributed by atoms with van der Waals surface area (Å²) in [5, 5.41) is 20.3. The van der Waals surface area contributed by atoms with Gasteiger partial charge in [0.25, 0.3) is 0 Å². The molecular weight excluding hydrogens is 580 g/mol. The average Bonchev–Trinajstić information content (AvgIpc) is 3.01. The molecule has 0 radical (unpaired) electrons. The van der Waals surface area contributed by atoms with Crippen LogP contribution in [0.2, 0.25) is 0 Å². The zero-order valence-electron chi connectivity index (χ0n) is 24.8. The number of benzene rings is 4. The van der Waals surface area contributed by atoms with Crippen molar-refractivity contribution < 1.29 is 32.9 Å². The Morgan fingerprint density at radius 2 is 1.59 bits per heavy atom. The maximum absolute atomic E-state index is 12.0. The number of carbonyl (C=O) groups is 1. The number of sulfone groups is 1. The number of rotatable bonds is 13. The Morgan fingerprint density at radius 1 is 0.864 bits per heavy atom. The molecule has 0 bridgehead atoms. The molecule has 0 aliphatic carbocycles. The summed E-state index contributed by atoms with van der Waals surface area (Å²) in [6, 6.07) is 23.8. The second kappa shape index (κ2) is 14.1. The predicted octanol–water partition coefficient (Wildman–Crippen LogP) is 5.80. The Morgan fingerprint density at radius 3 is 2.27 bits per heavy atom.